The lowest BCUT2D eigenvalue weighted by Gasteiger charge is -2.17. The Kier molecular flexibility index (Phi) is 11.7. The van der Waals surface area contributed by atoms with E-state index in [1.54, 1.807) is 4.57 Å². The largest absolute Gasteiger partial charge is 0.491 e. The van der Waals surface area contributed by atoms with Gasteiger partial charge in [-0.25, -0.2) is 9.78 Å². The monoisotopic (exact) mass is 666 g/mol. The van der Waals surface area contributed by atoms with Gasteiger partial charge in [0, 0.05) is 17.5 Å². The maximum Gasteiger partial charge on any atom is 0.439 e. The number of aromatic amines is 1. The van der Waals surface area contributed by atoms with Gasteiger partial charge in [-0.3, -0.25) is 18.9 Å². The van der Waals surface area contributed by atoms with Crippen LogP contribution >= 0.6 is 29.4 Å². The highest BCUT2D eigenvalue weighted by Crippen LogP contribution is 2.30. The fraction of sp³-hybridized carbons (Fsp3) is 0.273. The number of hydrogen-bond donors (Lipinski definition) is 1. The van der Waals surface area contributed by atoms with Crippen LogP contribution in [0.25, 0.3) is 28.2 Å². The zero-order chi connectivity index (χ0) is 28.9. The van der Waals surface area contributed by atoms with Crippen molar-refractivity contribution < 1.29 is 9.26 Å². The van der Waals surface area contributed by atoms with Gasteiger partial charge in [0.05, 0.1) is 17.5 Å². The van der Waals surface area contributed by atoms with Gasteiger partial charge in [-0.05, 0) is 67.6 Å². The molecule has 2 aromatic heterocycles. The SMILES string of the molecule is Br.CCCc1nc(C)n(-c2ccc(OC(C)CC)cc2)c(=O)c1Cc1ccc(-c2ccccc2-c2noc(=O)[nH]2)cc1.Cl. The van der Waals surface area contributed by atoms with Crippen molar-refractivity contribution in [2.75, 3.05) is 0 Å². The maximum absolute atomic E-state index is 13.9. The Labute approximate surface area is 267 Å². The fourth-order valence-electron chi connectivity index (χ4n) is 4.93. The van der Waals surface area contributed by atoms with Gasteiger partial charge in [0.15, 0.2) is 5.82 Å². The predicted octanol–water partition coefficient (Wildman–Crippen LogP) is 7.27. The first-order valence-corrected chi connectivity index (χ1v) is 14.0. The Morgan fingerprint density at radius 1 is 0.953 bits per heavy atom. The molecule has 0 spiro atoms. The second-order valence-electron chi connectivity index (χ2n) is 10.2. The molecule has 0 saturated heterocycles. The smallest absolute Gasteiger partial charge is 0.439 e. The summed E-state index contributed by atoms with van der Waals surface area (Å²) in [5, 5.41) is 3.85. The molecule has 2 heterocycles. The van der Waals surface area contributed by atoms with Gasteiger partial charge in [0.2, 0.25) is 0 Å². The average molecular weight is 668 g/mol. The molecule has 0 fully saturated rings. The van der Waals surface area contributed by atoms with E-state index in [4.69, 9.17) is 14.2 Å². The Bertz CT molecular complexity index is 1760. The lowest BCUT2D eigenvalue weighted by molar-refractivity contribution is 0.217. The van der Waals surface area contributed by atoms with E-state index in [-0.39, 0.29) is 41.1 Å². The van der Waals surface area contributed by atoms with Gasteiger partial charge in [0.25, 0.3) is 5.56 Å². The third-order valence-corrected chi connectivity index (χ3v) is 7.19. The first-order chi connectivity index (χ1) is 19.9. The standard InChI is InChI=1S/C33H34N4O4.BrH.ClH/c1-5-9-30-29(32(38)37(22(4)34-30)25-16-18-26(19-17-25)40-21(3)6-2)20-23-12-14-24(15-13-23)27-10-7-8-11-28(27)31-35-33(39)41-36-31;;/h7-8,10-19,21H,5-6,9,20H2,1-4H3,(H,35,36,39);2*1H. The molecule has 0 aliphatic carbocycles. The normalized spacial score (nSPS) is 11.3. The van der Waals surface area contributed by atoms with E-state index < -0.39 is 5.76 Å². The number of nitrogens with zero attached hydrogens (tertiary/aromatic N) is 3. The molecular weight excluding hydrogens is 632 g/mol. The first kappa shape index (κ1) is 33.6. The molecule has 0 bridgehead atoms. The molecule has 1 N–H and O–H groups in total. The number of benzene rings is 3. The number of aryl methyl sites for hydroxylation is 2. The highest BCUT2D eigenvalue weighted by Gasteiger charge is 2.17. The topological polar surface area (TPSA) is 103 Å². The Morgan fingerprint density at radius 2 is 1.63 bits per heavy atom. The van der Waals surface area contributed by atoms with Crippen LogP contribution in [0.15, 0.2) is 86.9 Å². The highest BCUT2D eigenvalue weighted by molar-refractivity contribution is 8.93. The van der Waals surface area contributed by atoms with Gasteiger partial charge in [0.1, 0.15) is 11.6 Å². The van der Waals surface area contributed by atoms with Gasteiger partial charge >= 0.3 is 5.76 Å². The van der Waals surface area contributed by atoms with Crippen LogP contribution in [0.5, 0.6) is 5.75 Å². The van der Waals surface area contributed by atoms with E-state index >= 15 is 0 Å². The van der Waals surface area contributed by atoms with Crippen LogP contribution in [-0.4, -0.2) is 25.8 Å². The summed E-state index contributed by atoms with van der Waals surface area (Å²) in [6.45, 7) is 8.09. The van der Waals surface area contributed by atoms with Crippen molar-refractivity contribution in [2.45, 2.75) is 59.5 Å². The van der Waals surface area contributed by atoms with Crippen molar-refractivity contribution in [2.24, 2.45) is 0 Å². The Balaban J connectivity index is 0.00000253. The quantitative estimate of drug-likeness (QED) is 0.168. The van der Waals surface area contributed by atoms with Crippen molar-refractivity contribution in [1.82, 2.24) is 19.7 Å². The summed E-state index contributed by atoms with van der Waals surface area (Å²) in [6, 6.07) is 23.4. The van der Waals surface area contributed by atoms with Crippen LogP contribution in [-0.2, 0) is 12.8 Å². The van der Waals surface area contributed by atoms with E-state index in [0.717, 1.165) is 58.6 Å². The molecule has 10 heteroatoms. The van der Waals surface area contributed by atoms with Crippen LogP contribution in [0.3, 0.4) is 0 Å². The molecule has 226 valence electrons. The van der Waals surface area contributed by atoms with Crippen LogP contribution in [0, 0.1) is 6.92 Å². The Hall–Kier alpha value is -3.95. The summed E-state index contributed by atoms with van der Waals surface area (Å²) in [5.74, 6) is 1.22. The molecule has 5 aromatic rings. The van der Waals surface area contributed by atoms with Crippen LogP contribution < -0.4 is 16.1 Å². The lowest BCUT2D eigenvalue weighted by atomic mass is 9.96. The van der Waals surface area contributed by atoms with Crippen molar-refractivity contribution in [1.29, 1.82) is 0 Å². The number of rotatable bonds is 10. The van der Waals surface area contributed by atoms with Gasteiger partial charge in [-0.15, -0.1) is 29.4 Å². The molecule has 1 unspecified atom stereocenters. The summed E-state index contributed by atoms with van der Waals surface area (Å²) in [5.41, 5.74) is 5.89. The molecule has 0 radical (unpaired) electrons. The molecule has 5 rings (SSSR count). The molecule has 0 aliphatic rings. The Morgan fingerprint density at radius 3 is 2.23 bits per heavy atom. The van der Waals surface area contributed by atoms with Crippen molar-refractivity contribution in [3.63, 3.8) is 0 Å². The van der Waals surface area contributed by atoms with Crippen LogP contribution in [0.2, 0.25) is 0 Å². The third-order valence-electron chi connectivity index (χ3n) is 7.19. The number of hydrogen-bond acceptors (Lipinski definition) is 6. The predicted molar refractivity (Wildman–Crippen MR) is 177 cm³/mol. The number of aromatic nitrogens is 4. The zero-order valence-corrected chi connectivity index (χ0v) is 27.2. The summed E-state index contributed by atoms with van der Waals surface area (Å²) in [7, 11) is 0. The van der Waals surface area contributed by atoms with Crippen molar-refractivity contribution in [3.05, 3.63) is 116 Å². The maximum atomic E-state index is 13.9. The van der Waals surface area contributed by atoms with E-state index in [1.807, 2.05) is 86.6 Å². The summed E-state index contributed by atoms with van der Waals surface area (Å²) in [6.07, 6.45) is 3.13. The number of nitrogens with one attached hydrogen (secondary N) is 1. The molecule has 0 aliphatic heterocycles. The van der Waals surface area contributed by atoms with Crippen LogP contribution in [0.1, 0.15) is 56.3 Å². The fourth-order valence-corrected chi connectivity index (χ4v) is 4.93. The minimum Gasteiger partial charge on any atom is -0.491 e. The zero-order valence-electron chi connectivity index (χ0n) is 24.6. The van der Waals surface area contributed by atoms with Crippen molar-refractivity contribution in [3.8, 4) is 34.0 Å². The van der Waals surface area contributed by atoms with E-state index in [0.29, 0.717) is 23.6 Å². The van der Waals surface area contributed by atoms with Crippen molar-refractivity contribution >= 4 is 29.4 Å². The lowest BCUT2D eigenvalue weighted by Crippen LogP contribution is -2.28. The summed E-state index contributed by atoms with van der Waals surface area (Å²) >= 11 is 0. The molecule has 3 aromatic carbocycles. The van der Waals surface area contributed by atoms with E-state index in [1.165, 1.54) is 0 Å². The van der Waals surface area contributed by atoms with E-state index in [9.17, 15) is 9.59 Å². The number of ether oxygens (including phenoxy) is 1. The van der Waals surface area contributed by atoms with Gasteiger partial charge < -0.3 is 4.74 Å². The molecule has 8 nitrogen and oxygen atoms in total. The second-order valence-corrected chi connectivity index (χ2v) is 10.2. The minimum atomic E-state index is -0.597. The second kappa shape index (κ2) is 15.0. The molecule has 1 atom stereocenters. The molecule has 0 saturated carbocycles. The molecular formula is C33H36BrClN4O4. The summed E-state index contributed by atoms with van der Waals surface area (Å²) < 4.78 is 12.3. The third kappa shape index (κ3) is 7.53. The van der Waals surface area contributed by atoms with E-state index in [2.05, 4.69) is 24.0 Å². The molecule has 0 amide bonds. The molecule has 43 heavy (non-hydrogen) atoms. The van der Waals surface area contributed by atoms with Gasteiger partial charge in [-0.1, -0.05) is 74.0 Å². The number of halogens is 2. The number of H-pyrrole nitrogens is 1. The van der Waals surface area contributed by atoms with Crippen LogP contribution in [0.4, 0.5) is 0 Å². The highest BCUT2D eigenvalue weighted by atomic mass is 79.9. The van der Waals surface area contributed by atoms with Gasteiger partial charge in [-0.2, -0.15) is 0 Å². The minimum absolute atomic E-state index is 0. The average Bonchev–Trinajstić information content (AvgIpc) is 3.42. The first-order valence-electron chi connectivity index (χ1n) is 14.0. The summed E-state index contributed by atoms with van der Waals surface area (Å²) in [4.78, 5) is 32.9.